The predicted octanol–water partition coefficient (Wildman–Crippen LogP) is 1.81. The average molecular weight is 592 g/mol. The number of hydrogen-bond donors (Lipinski definition) is 4. The van der Waals surface area contributed by atoms with Crippen molar-refractivity contribution in [3.63, 3.8) is 0 Å². The van der Waals surface area contributed by atoms with E-state index >= 15 is 0 Å². The second-order valence-electron chi connectivity index (χ2n) is 9.98. The summed E-state index contributed by atoms with van der Waals surface area (Å²) >= 11 is 0. The number of nitrogens with zero attached hydrogens (tertiary/aromatic N) is 4. The van der Waals surface area contributed by atoms with Gasteiger partial charge in [-0.25, -0.2) is 14.8 Å². The number of aromatic nitrogens is 2. The monoisotopic (exact) mass is 591 g/mol. The molecule has 2 atom stereocenters. The summed E-state index contributed by atoms with van der Waals surface area (Å²) in [5, 5.41) is 12.2. The number of aliphatic hydroxyl groups is 1. The van der Waals surface area contributed by atoms with E-state index in [1.165, 1.54) is 15.9 Å². The molecular weight excluding hydrogens is 553 g/mol. The van der Waals surface area contributed by atoms with Gasteiger partial charge in [-0.3, -0.25) is 14.2 Å². The zero-order valence-corrected chi connectivity index (χ0v) is 24.2. The number of unbranched alkanes of at least 4 members (excludes halogenated alkanes) is 1. The number of aliphatic hydroxyl groups excluding tert-OH is 1. The highest BCUT2D eigenvalue weighted by atomic mass is 31.2. The zero-order valence-electron chi connectivity index (χ0n) is 23.3. The van der Waals surface area contributed by atoms with E-state index in [0.717, 1.165) is 12.8 Å². The standard InChI is InChI=1S/C27H38N5O8P/c1-3-4-16-40-27(36)32-14-12-31(13-15-32)26(35)23(18-41(37,38)39)30-25(34)22-17-21(11-10-19(2)33)28-24(29-22)20-8-6-5-7-9-20/h5-9,17,19,23,33H,3-4,10-16,18H2,1-2H3,(H,30,34)(H2,37,38,39). The number of benzene rings is 1. The Labute approximate surface area is 239 Å². The van der Waals surface area contributed by atoms with Crippen LogP contribution in [0.5, 0.6) is 0 Å². The van der Waals surface area contributed by atoms with Gasteiger partial charge in [0.25, 0.3) is 5.91 Å². The highest BCUT2D eigenvalue weighted by Crippen LogP contribution is 2.35. The van der Waals surface area contributed by atoms with E-state index in [2.05, 4.69) is 15.3 Å². The van der Waals surface area contributed by atoms with Gasteiger partial charge in [0.15, 0.2) is 5.82 Å². The van der Waals surface area contributed by atoms with E-state index in [1.54, 1.807) is 31.2 Å². The average Bonchev–Trinajstić information content (AvgIpc) is 2.95. The van der Waals surface area contributed by atoms with Gasteiger partial charge in [-0.1, -0.05) is 43.7 Å². The lowest BCUT2D eigenvalue weighted by molar-refractivity contribution is -0.134. The SMILES string of the molecule is CCCCOC(=O)N1CCN(C(=O)C(CP(=O)(O)O)NC(=O)c2cc(CCC(C)O)nc(-c3ccccc3)n2)CC1. The van der Waals surface area contributed by atoms with Gasteiger partial charge in [0.2, 0.25) is 5.91 Å². The van der Waals surface area contributed by atoms with Crippen molar-refractivity contribution in [3.8, 4) is 11.4 Å². The van der Waals surface area contributed by atoms with Crippen molar-refractivity contribution in [1.29, 1.82) is 0 Å². The molecule has 4 N–H and O–H groups in total. The van der Waals surface area contributed by atoms with Crippen molar-refractivity contribution >= 4 is 25.5 Å². The Morgan fingerprint density at radius 1 is 1.07 bits per heavy atom. The summed E-state index contributed by atoms with van der Waals surface area (Å²) in [5.41, 5.74) is 1.06. The molecule has 41 heavy (non-hydrogen) atoms. The minimum atomic E-state index is -4.71. The van der Waals surface area contributed by atoms with E-state index in [-0.39, 0.29) is 37.7 Å². The molecule has 14 heteroatoms. The lowest BCUT2D eigenvalue weighted by Crippen LogP contribution is -2.56. The first-order chi connectivity index (χ1) is 19.5. The van der Waals surface area contributed by atoms with Crippen molar-refractivity contribution in [2.45, 2.75) is 51.7 Å². The van der Waals surface area contributed by atoms with Gasteiger partial charge >= 0.3 is 13.7 Å². The van der Waals surface area contributed by atoms with Gasteiger partial charge in [0.05, 0.1) is 18.9 Å². The number of amides is 3. The highest BCUT2D eigenvalue weighted by molar-refractivity contribution is 7.51. The Morgan fingerprint density at radius 2 is 1.73 bits per heavy atom. The Kier molecular flexibility index (Phi) is 11.8. The molecule has 1 aliphatic rings. The third kappa shape index (κ3) is 10.2. The van der Waals surface area contributed by atoms with E-state index in [4.69, 9.17) is 4.74 Å². The van der Waals surface area contributed by atoms with Crippen LogP contribution >= 0.6 is 7.60 Å². The summed E-state index contributed by atoms with van der Waals surface area (Å²) in [7, 11) is -4.71. The molecule has 0 saturated carbocycles. The van der Waals surface area contributed by atoms with E-state index in [0.29, 0.717) is 30.7 Å². The molecule has 1 aliphatic heterocycles. The van der Waals surface area contributed by atoms with Crippen LogP contribution in [0.2, 0.25) is 0 Å². The third-order valence-electron chi connectivity index (χ3n) is 6.46. The molecule has 2 heterocycles. The molecule has 2 unspecified atom stereocenters. The molecule has 3 amide bonds. The van der Waals surface area contributed by atoms with Crippen molar-refractivity contribution < 1.29 is 38.6 Å². The summed E-state index contributed by atoms with van der Waals surface area (Å²) in [5.74, 6) is -1.21. The first-order valence-corrected chi connectivity index (χ1v) is 15.4. The minimum Gasteiger partial charge on any atom is -0.449 e. The number of hydrogen-bond acceptors (Lipinski definition) is 8. The van der Waals surface area contributed by atoms with Gasteiger partial charge in [-0.15, -0.1) is 0 Å². The molecule has 0 spiro atoms. The number of carbonyl (C=O) groups is 3. The van der Waals surface area contributed by atoms with Crippen LogP contribution in [0.4, 0.5) is 4.79 Å². The van der Waals surface area contributed by atoms with Gasteiger partial charge < -0.3 is 34.7 Å². The van der Waals surface area contributed by atoms with Crippen LogP contribution < -0.4 is 5.32 Å². The van der Waals surface area contributed by atoms with Crippen LogP contribution in [0, 0.1) is 0 Å². The second-order valence-corrected chi connectivity index (χ2v) is 11.7. The third-order valence-corrected chi connectivity index (χ3v) is 7.30. The first kappa shape index (κ1) is 32.1. The van der Waals surface area contributed by atoms with Gasteiger partial charge in [0.1, 0.15) is 11.7 Å². The number of rotatable bonds is 12. The fourth-order valence-electron chi connectivity index (χ4n) is 4.20. The first-order valence-electron chi connectivity index (χ1n) is 13.6. The van der Waals surface area contributed by atoms with Crippen molar-refractivity contribution in [2.75, 3.05) is 38.9 Å². The van der Waals surface area contributed by atoms with E-state index in [1.807, 2.05) is 13.0 Å². The zero-order chi connectivity index (χ0) is 30.0. The molecule has 1 aromatic heterocycles. The van der Waals surface area contributed by atoms with E-state index < -0.39 is 43.8 Å². The summed E-state index contributed by atoms with van der Waals surface area (Å²) in [6.07, 6.45) is 0.410. The topological polar surface area (TPSA) is 182 Å². The summed E-state index contributed by atoms with van der Waals surface area (Å²) in [4.78, 5) is 69.9. The Morgan fingerprint density at radius 3 is 2.34 bits per heavy atom. The lowest BCUT2D eigenvalue weighted by Gasteiger charge is -2.36. The normalized spacial score (nSPS) is 15.2. The van der Waals surface area contributed by atoms with E-state index in [9.17, 15) is 33.8 Å². The van der Waals surface area contributed by atoms with Gasteiger partial charge in [0, 0.05) is 37.4 Å². The molecule has 3 rings (SSSR count). The number of aryl methyl sites for hydroxylation is 1. The molecule has 13 nitrogen and oxygen atoms in total. The highest BCUT2D eigenvalue weighted by Gasteiger charge is 2.35. The molecule has 224 valence electrons. The van der Waals surface area contributed by atoms with Gasteiger partial charge in [-0.05, 0) is 32.3 Å². The predicted molar refractivity (Wildman–Crippen MR) is 150 cm³/mol. The number of carbonyl (C=O) groups excluding carboxylic acids is 3. The van der Waals surface area contributed by atoms with Crippen LogP contribution in [0.15, 0.2) is 36.4 Å². The summed E-state index contributed by atoms with van der Waals surface area (Å²) < 4.78 is 17.1. The van der Waals surface area contributed by atoms with Crippen molar-refractivity contribution in [2.24, 2.45) is 0 Å². The minimum absolute atomic E-state index is 0.0809. The second kappa shape index (κ2) is 15.0. The quantitative estimate of drug-likeness (QED) is 0.210. The largest absolute Gasteiger partial charge is 0.449 e. The molecular formula is C27H38N5O8P. The van der Waals surface area contributed by atoms with Crippen molar-refractivity contribution in [1.82, 2.24) is 25.1 Å². The van der Waals surface area contributed by atoms with Crippen molar-refractivity contribution in [3.05, 3.63) is 47.8 Å². The fraction of sp³-hybridized carbons (Fsp3) is 0.519. The number of piperazine rings is 1. The number of nitrogens with one attached hydrogen (secondary N) is 1. The molecule has 0 aliphatic carbocycles. The van der Waals surface area contributed by atoms with Crippen LogP contribution in [0.25, 0.3) is 11.4 Å². The maximum absolute atomic E-state index is 13.3. The smallest absolute Gasteiger partial charge is 0.409 e. The van der Waals surface area contributed by atoms with Crippen LogP contribution in [-0.2, 0) is 20.5 Å². The molecule has 0 bridgehead atoms. The molecule has 2 aromatic rings. The summed E-state index contributed by atoms with van der Waals surface area (Å²) in [6, 6.07) is 8.86. The molecule has 0 radical (unpaired) electrons. The van der Waals surface area contributed by atoms with Crippen LogP contribution in [0.3, 0.4) is 0 Å². The van der Waals surface area contributed by atoms with Crippen LogP contribution in [0.1, 0.15) is 49.3 Å². The fourth-order valence-corrected chi connectivity index (χ4v) is 4.92. The lowest BCUT2D eigenvalue weighted by atomic mass is 10.1. The Bertz CT molecular complexity index is 1230. The maximum atomic E-state index is 13.3. The molecule has 1 fully saturated rings. The maximum Gasteiger partial charge on any atom is 0.409 e. The van der Waals surface area contributed by atoms with Crippen LogP contribution in [-0.4, -0.2) is 104 Å². The Balaban J connectivity index is 1.77. The Hall–Kier alpha value is -3.38. The summed E-state index contributed by atoms with van der Waals surface area (Å²) in [6.45, 7) is 4.53. The van der Waals surface area contributed by atoms with Gasteiger partial charge in [-0.2, -0.15) is 0 Å². The number of ether oxygens (including phenoxy) is 1. The molecule has 1 aromatic carbocycles. The molecule has 1 saturated heterocycles.